The molecule has 0 spiro atoms. The van der Waals surface area contributed by atoms with Crippen LogP contribution in [-0.4, -0.2) is 103 Å². The Hall–Kier alpha value is 0.529. The molecule has 2 fully saturated rings. The van der Waals surface area contributed by atoms with Crippen molar-refractivity contribution in [1.82, 2.24) is 0 Å². The number of ether oxygens (including phenoxy) is 1. The van der Waals surface area contributed by atoms with E-state index in [-0.39, 0.29) is 86.2 Å². The van der Waals surface area contributed by atoms with Gasteiger partial charge in [0.15, 0.2) is 11.5 Å². The number of hydrogen-bond donors (Lipinski definition) is 0. The fourth-order valence-corrected chi connectivity index (χ4v) is 55.3. The monoisotopic (exact) mass is 2730 g/mol. The fourth-order valence-electron chi connectivity index (χ4n) is 23.2. The zero-order valence-corrected chi connectivity index (χ0v) is 118. The van der Waals surface area contributed by atoms with Crippen molar-refractivity contribution in [2.45, 2.75) is 367 Å². The number of benzene rings is 10. The topological polar surface area (TPSA) is 15.7 Å². The molecule has 0 saturated heterocycles. The van der Waals surface area contributed by atoms with E-state index in [1.54, 1.807) is 21.2 Å². The summed E-state index contributed by atoms with van der Waals surface area (Å²) in [4.78, 5) is 4.31. The Kier molecular flexibility index (Phi) is 66.0. The number of nitrogens with zero attached hydrogens (tertiary/aromatic N) is 2. The van der Waals surface area contributed by atoms with E-state index < -0.39 is 61.4 Å². The van der Waals surface area contributed by atoms with E-state index in [0.29, 0.717) is 41.2 Å². The molecule has 0 atom stereocenters. The van der Waals surface area contributed by atoms with E-state index >= 15 is 0 Å². The number of fused-ring (bicyclic) bond motifs is 2. The van der Waals surface area contributed by atoms with Gasteiger partial charge in [-0.1, -0.05) is 147 Å². The van der Waals surface area contributed by atoms with Crippen LogP contribution in [0.2, 0.25) is 0 Å². The van der Waals surface area contributed by atoms with Crippen LogP contribution in [0.5, 0.6) is 11.5 Å². The number of halogens is 8. The van der Waals surface area contributed by atoms with Crippen molar-refractivity contribution in [3.8, 4) is 11.5 Å². The van der Waals surface area contributed by atoms with Crippen LogP contribution in [0.4, 0.5) is 11.4 Å². The molecular formula is C124H191Cl8FeN2OP8Pd4+5. The first kappa shape index (κ1) is 145. The van der Waals surface area contributed by atoms with Crippen molar-refractivity contribution >= 4 is 202 Å². The minimum absolute atomic E-state index is 0. The van der Waals surface area contributed by atoms with E-state index in [1.807, 2.05) is 0 Å². The van der Waals surface area contributed by atoms with Crippen molar-refractivity contribution in [3.05, 3.63) is 298 Å². The molecule has 24 heteroatoms. The van der Waals surface area contributed by atoms with Crippen molar-refractivity contribution in [1.29, 1.82) is 0 Å². The first-order valence-electron chi connectivity index (χ1n) is 51.9. The number of para-hydroxylation sites is 2. The number of hydrogen-bond acceptors (Lipinski definition) is 3. The summed E-state index contributed by atoms with van der Waals surface area (Å²) in [5.41, 5.74) is 10.1. The van der Waals surface area contributed by atoms with Gasteiger partial charge in [0.1, 0.15) is 29.1 Å². The third-order valence-electron chi connectivity index (χ3n) is 28.1. The molecule has 0 radical (unpaired) electrons. The standard InChI is InChI=1S/C40H34OP2.2C16H28NP.2C14H23P.2C12H25P.8ClH.Fe.4Pd/c1-40(2)34-26-16-28-36(42(30-18-8-4-9-19-30)31-20-10-5-11-21-31)38(34)41-39-35(40)27-17-29-37(39)43(3,32-22-12-6-13-23-32)33-24-14-7-15-25-33;2*1-15(2,3)18(16(4,5)6)14-11-9-13(10-12-14)17(7)8;2*1-13(2,3)15(14(4,5)6)12-10-8-7-9-11-12;2*1-10(2)13(5,11(3)4)12-8-6-7-9-12;;;;;;;;;;;;;/h4-29H,3H2,1-2H3;2*9-12H,1-8H3;2*7-11H,1-6H3;2*10-12H,5-9H2,1-4H3;8*1H;;;;;/q;;;;;;;;;;;;;;;;4*+2/p-3. The van der Waals surface area contributed by atoms with E-state index in [1.165, 1.54) is 106 Å². The molecule has 842 valence electrons. The van der Waals surface area contributed by atoms with Gasteiger partial charge in [-0.05, 0) is 414 Å². The van der Waals surface area contributed by atoms with Gasteiger partial charge >= 0.3 is 140 Å². The van der Waals surface area contributed by atoms with Crippen LogP contribution in [0.3, 0.4) is 0 Å². The zero-order valence-electron chi connectivity index (χ0n) is 96.9. The van der Waals surface area contributed by atoms with E-state index in [0.717, 1.165) is 45.5 Å². The molecule has 3 nitrogen and oxygen atoms in total. The van der Waals surface area contributed by atoms with Crippen molar-refractivity contribution < 1.29 is 85.6 Å². The molecule has 10 aromatic carbocycles. The third-order valence-corrected chi connectivity index (χ3v) is 61.5. The molecule has 2 aliphatic carbocycles. The largest absolute Gasteiger partial charge is 0 e. The van der Waals surface area contributed by atoms with Crippen LogP contribution < -0.4 is 67.6 Å². The SMILES string of the molecule is CC(C)(C)[PH+](c1ccccc1)C(C)(C)C.CC(C)(C)[PH+](c1ccccc1)C(C)(C)C.CN(C)c1ccc([PH+](C(C)(C)C)C(C)(C)C)cc1.CN(C)c1ccc([PH+](C(C)(C)C)C(C)(C)C)cc1.[CH2-][P+](C(C)C)(C(C)C)C1CCCC1.[CH2-][P+](C(C)C)(C(C)C)C1CCCC1.[CH2-][P+](c1ccccc1)(c1ccccc1)c1cccc2c1Oc1c([PH+](c3ccccc3)c3ccccc3)cccc1C2(C)C.[Cl][Pd][Cl].[Cl][Pd][Cl].[Cl][Pd][Cl].[Cl][Pd][Cl].[Fe]. The quantitative estimate of drug-likeness (QED) is 0.0484. The summed E-state index contributed by atoms with van der Waals surface area (Å²) in [6.45, 7) is 95.3. The van der Waals surface area contributed by atoms with Gasteiger partial charge in [0.25, 0.3) is 0 Å². The van der Waals surface area contributed by atoms with Crippen LogP contribution in [0.15, 0.2) is 267 Å². The second-order valence-electron chi connectivity index (χ2n) is 49.2. The van der Waals surface area contributed by atoms with Crippen molar-refractivity contribution in [2.24, 2.45) is 0 Å². The first-order valence-corrected chi connectivity index (χ1v) is 81.7. The van der Waals surface area contributed by atoms with Crippen molar-refractivity contribution in [3.63, 3.8) is 0 Å². The summed E-state index contributed by atoms with van der Waals surface area (Å²) in [5.74, 6) is 1.97. The Bertz CT molecular complexity index is 4930. The summed E-state index contributed by atoms with van der Waals surface area (Å²) in [6.07, 6.45) is 11.7. The molecule has 0 aromatic heterocycles. The molecule has 0 amide bonds. The first-order chi connectivity index (χ1) is 68.2. The van der Waals surface area contributed by atoms with Gasteiger partial charge in [0, 0.05) is 139 Å². The molecule has 1 heterocycles. The van der Waals surface area contributed by atoms with Gasteiger partial charge in [0.05, 0.1) is 73.1 Å². The van der Waals surface area contributed by atoms with Gasteiger partial charge in [-0.3, -0.25) is 0 Å². The average Bonchev–Trinajstić information content (AvgIpc) is 0.814. The van der Waals surface area contributed by atoms with E-state index in [2.05, 4.69) is 554 Å². The molecule has 1 aliphatic heterocycles. The second kappa shape index (κ2) is 67.6. The van der Waals surface area contributed by atoms with Crippen LogP contribution in [-0.2, 0) is 86.2 Å². The van der Waals surface area contributed by atoms with Crippen molar-refractivity contribution in [2.75, 3.05) is 38.0 Å². The Balaban J connectivity index is 0.000000604. The molecule has 2 saturated carbocycles. The Morgan fingerprint density at radius 2 is 0.507 bits per heavy atom. The molecule has 10 aromatic rings. The minimum Gasteiger partial charge on any atom is 0 e. The molecule has 148 heavy (non-hydrogen) atoms. The Labute approximate surface area is 991 Å². The number of anilines is 2. The predicted molar refractivity (Wildman–Crippen MR) is 690 cm³/mol. The Morgan fingerprint density at radius 1 is 0.297 bits per heavy atom. The van der Waals surface area contributed by atoms with Crippen LogP contribution in [0.25, 0.3) is 0 Å². The predicted octanol–water partition coefficient (Wildman–Crippen LogP) is 38.9. The minimum atomic E-state index is -2.28. The maximum absolute atomic E-state index is 7.30. The smallest absolute Gasteiger partial charge is 0 e. The number of rotatable bonds is 18. The molecule has 13 rings (SSSR count). The molecular weight excluding hydrogens is 2550 g/mol. The molecule has 0 unspecified atom stereocenters. The van der Waals surface area contributed by atoms with Crippen LogP contribution in [0, 0.1) is 20.0 Å². The molecule has 3 aliphatic rings. The van der Waals surface area contributed by atoms with Crippen LogP contribution >= 0.6 is 138 Å². The maximum atomic E-state index is 7.30. The Morgan fingerprint density at radius 3 is 0.730 bits per heavy atom. The second-order valence-corrected chi connectivity index (χ2v) is 91.1. The van der Waals surface area contributed by atoms with Gasteiger partial charge in [-0.15, -0.1) is 14.5 Å². The van der Waals surface area contributed by atoms with Crippen LogP contribution in [0.1, 0.15) is 298 Å². The molecule has 0 N–H and O–H groups in total. The van der Waals surface area contributed by atoms with Gasteiger partial charge in [-0.2, -0.15) is 20.0 Å². The van der Waals surface area contributed by atoms with Gasteiger partial charge < -0.3 is 14.5 Å². The van der Waals surface area contributed by atoms with E-state index in [9.17, 15) is 0 Å². The summed E-state index contributed by atoms with van der Waals surface area (Å²) in [6, 6.07) is 97.3. The van der Waals surface area contributed by atoms with E-state index in [4.69, 9.17) is 87.6 Å². The van der Waals surface area contributed by atoms with Gasteiger partial charge in [0.2, 0.25) is 0 Å². The summed E-state index contributed by atoms with van der Waals surface area (Å²) in [7, 11) is 39.1. The average molecular weight is 2740 g/mol. The van der Waals surface area contributed by atoms with Gasteiger partial charge in [-0.25, -0.2) is 0 Å². The summed E-state index contributed by atoms with van der Waals surface area (Å²) < 4.78 is 7.30. The fraction of sp³-hybridized carbons (Fsp3) is 0.492. The summed E-state index contributed by atoms with van der Waals surface area (Å²) in [5, 5.41) is 17.0. The normalized spacial score (nSPS) is 14.0. The molecule has 0 bridgehead atoms. The summed E-state index contributed by atoms with van der Waals surface area (Å²) >= 11 is -0.422. The zero-order chi connectivity index (χ0) is 112. The third kappa shape index (κ3) is 44.3. The maximum Gasteiger partial charge on any atom is 0 e.